The van der Waals surface area contributed by atoms with Crippen LogP contribution in [0.5, 0.6) is 5.75 Å². The molecule has 4 nitrogen and oxygen atoms in total. The average molecular weight is 424 g/mol. The predicted octanol–water partition coefficient (Wildman–Crippen LogP) is 5.57. The number of nitrogens with zero attached hydrogens (tertiary/aromatic N) is 1. The first-order chi connectivity index (χ1) is 13.9. The maximum Gasteiger partial charge on any atom is 0.216 e. The van der Waals surface area contributed by atoms with E-state index in [1.165, 1.54) is 18.2 Å². The van der Waals surface area contributed by atoms with Gasteiger partial charge in [0.25, 0.3) is 0 Å². The number of allylic oxidation sites excluding steroid dienone is 1. The van der Waals surface area contributed by atoms with Crippen molar-refractivity contribution in [3.05, 3.63) is 99.4 Å². The summed E-state index contributed by atoms with van der Waals surface area (Å²) in [7, 11) is -3.93. The quantitative estimate of drug-likeness (QED) is 0.486. The molecule has 29 heavy (non-hydrogen) atoms. The van der Waals surface area contributed by atoms with E-state index >= 15 is 0 Å². The van der Waals surface area contributed by atoms with Gasteiger partial charge in [0.1, 0.15) is 23.3 Å². The van der Waals surface area contributed by atoms with Crippen LogP contribution in [0.2, 0.25) is 5.02 Å². The van der Waals surface area contributed by atoms with E-state index in [1.54, 1.807) is 48.5 Å². The first-order valence-electron chi connectivity index (χ1n) is 8.80. The smallest absolute Gasteiger partial charge is 0.216 e. The Balaban J connectivity index is 1.92. The van der Waals surface area contributed by atoms with Crippen LogP contribution in [0.4, 0.5) is 0 Å². The van der Waals surface area contributed by atoms with Gasteiger partial charge in [0.05, 0.1) is 4.90 Å². The van der Waals surface area contributed by atoms with Crippen molar-refractivity contribution < 1.29 is 13.2 Å². The van der Waals surface area contributed by atoms with E-state index in [-0.39, 0.29) is 16.4 Å². The van der Waals surface area contributed by atoms with Gasteiger partial charge in [0.2, 0.25) is 9.84 Å². The zero-order valence-electron chi connectivity index (χ0n) is 15.7. The molecule has 0 aliphatic heterocycles. The van der Waals surface area contributed by atoms with Crippen LogP contribution in [0.1, 0.15) is 16.7 Å². The molecular weight excluding hydrogens is 406 g/mol. The van der Waals surface area contributed by atoms with E-state index in [1.807, 2.05) is 25.1 Å². The lowest BCUT2D eigenvalue weighted by Gasteiger charge is -2.10. The minimum Gasteiger partial charge on any atom is -0.488 e. The molecule has 3 aromatic carbocycles. The Bertz CT molecular complexity index is 1190. The number of ether oxygens (including phenoxy) is 1. The third-order valence-electron chi connectivity index (χ3n) is 4.22. The Morgan fingerprint density at radius 2 is 1.79 bits per heavy atom. The van der Waals surface area contributed by atoms with Gasteiger partial charge in [-0.25, -0.2) is 8.42 Å². The standard InChI is InChI=1S/C23H18ClNO3S/c1-17-9-11-21(12-10-17)29(26,27)22(15-25)14-19-6-2-3-8-23(19)28-16-18-5-4-7-20(24)13-18/h2-14H,16H2,1H3. The zero-order chi connectivity index (χ0) is 20.9. The van der Waals surface area contributed by atoms with Gasteiger partial charge in [-0.05, 0) is 48.9 Å². The fraction of sp³-hybridized carbons (Fsp3) is 0.0870. The Hall–Kier alpha value is -3.07. The van der Waals surface area contributed by atoms with Crippen LogP contribution in [0, 0.1) is 18.3 Å². The van der Waals surface area contributed by atoms with Crippen molar-refractivity contribution in [1.29, 1.82) is 5.26 Å². The lowest BCUT2D eigenvalue weighted by atomic mass is 10.2. The van der Waals surface area contributed by atoms with E-state index in [0.29, 0.717) is 16.3 Å². The molecule has 3 aromatic rings. The van der Waals surface area contributed by atoms with Crippen LogP contribution in [-0.4, -0.2) is 8.42 Å². The Labute approximate surface area is 175 Å². The molecule has 0 aromatic heterocycles. The molecule has 0 aliphatic rings. The summed E-state index contributed by atoms with van der Waals surface area (Å²) in [5.74, 6) is 0.472. The number of benzene rings is 3. The molecule has 0 heterocycles. The van der Waals surface area contributed by atoms with Crippen molar-refractivity contribution in [2.75, 3.05) is 0 Å². The highest BCUT2D eigenvalue weighted by atomic mass is 35.5. The molecule has 0 bridgehead atoms. The van der Waals surface area contributed by atoms with Gasteiger partial charge in [-0.15, -0.1) is 0 Å². The second-order valence-corrected chi connectivity index (χ2v) is 8.75. The van der Waals surface area contributed by atoms with Gasteiger partial charge in [0.15, 0.2) is 0 Å². The lowest BCUT2D eigenvalue weighted by molar-refractivity contribution is 0.305. The highest BCUT2D eigenvalue weighted by Gasteiger charge is 2.21. The van der Waals surface area contributed by atoms with Crippen LogP contribution in [-0.2, 0) is 16.4 Å². The number of hydrogen-bond donors (Lipinski definition) is 0. The molecule has 3 rings (SSSR count). The monoisotopic (exact) mass is 423 g/mol. The summed E-state index contributed by atoms with van der Waals surface area (Å²) in [6.45, 7) is 2.13. The van der Waals surface area contributed by atoms with Crippen LogP contribution in [0.25, 0.3) is 6.08 Å². The van der Waals surface area contributed by atoms with Crippen molar-refractivity contribution in [3.63, 3.8) is 0 Å². The molecule has 146 valence electrons. The summed E-state index contributed by atoms with van der Waals surface area (Å²) < 4.78 is 31.6. The topological polar surface area (TPSA) is 67.2 Å². The zero-order valence-corrected chi connectivity index (χ0v) is 17.2. The summed E-state index contributed by atoms with van der Waals surface area (Å²) >= 11 is 6.00. The number of aryl methyl sites for hydroxylation is 1. The second-order valence-electron chi connectivity index (χ2n) is 6.39. The molecule has 0 unspecified atom stereocenters. The predicted molar refractivity (Wildman–Crippen MR) is 114 cm³/mol. The largest absolute Gasteiger partial charge is 0.488 e. The minimum atomic E-state index is -3.93. The Morgan fingerprint density at radius 1 is 1.07 bits per heavy atom. The molecule has 0 radical (unpaired) electrons. The molecule has 0 saturated carbocycles. The van der Waals surface area contributed by atoms with Gasteiger partial charge in [-0.1, -0.05) is 59.6 Å². The van der Waals surface area contributed by atoms with Crippen LogP contribution in [0.3, 0.4) is 0 Å². The molecule has 0 aliphatic carbocycles. The van der Waals surface area contributed by atoms with Crippen molar-refractivity contribution >= 4 is 27.5 Å². The van der Waals surface area contributed by atoms with E-state index in [0.717, 1.165) is 11.1 Å². The van der Waals surface area contributed by atoms with Crippen molar-refractivity contribution in [1.82, 2.24) is 0 Å². The van der Waals surface area contributed by atoms with Crippen molar-refractivity contribution in [3.8, 4) is 11.8 Å². The Morgan fingerprint density at radius 3 is 2.48 bits per heavy atom. The van der Waals surface area contributed by atoms with Crippen LogP contribution >= 0.6 is 11.6 Å². The lowest BCUT2D eigenvalue weighted by Crippen LogP contribution is -2.04. The summed E-state index contributed by atoms with van der Waals surface area (Å²) in [6.07, 6.45) is 1.34. The van der Waals surface area contributed by atoms with Gasteiger partial charge in [-0.2, -0.15) is 5.26 Å². The minimum absolute atomic E-state index is 0.0771. The van der Waals surface area contributed by atoms with Crippen molar-refractivity contribution in [2.24, 2.45) is 0 Å². The summed E-state index contributed by atoms with van der Waals surface area (Å²) in [4.78, 5) is -0.270. The number of nitriles is 1. The first-order valence-corrected chi connectivity index (χ1v) is 10.7. The highest BCUT2D eigenvalue weighted by Crippen LogP contribution is 2.26. The van der Waals surface area contributed by atoms with E-state index in [9.17, 15) is 13.7 Å². The first kappa shape index (κ1) is 20.7. The number of para-hydroxylation sites is 1. The fourth-order valence-corrected chi connectivity index (χ4v) is 4.04. The maximum atomic E-state index is 12.9. The molecule has 0 fully saturated rings. The molecule has 0 atom stereocenters. The van der Waals surface area contributed by atoms with Gasteiger partial charge < -0.3 is 4.74 Å². The summed E-state index contributed by atoms with van der Waals surface area (Å²) in [6, 6.07) is 22.5. The number of sulfone groups is 1. The Kier molecular flexibility index (Phi) is 6.38. The number of rotatable bonds is 6. The fourth-order valence-electron chi connectivity index (χ4n) is 2.67. The van der Waals surface area contributed by atoms with Gasteiger partial charge in [-0.3, -0.25) is 0 Å². The molecule has 0 amide bonds. The van der Waals surface area contributed by atoms with Crippen molar-refractivity contribution in [2.45, 2.75) is 18.4 Å². The number of hydrogen-bond acceptors (Lipinski definition) is 4. The second kappa shape index (κ2) is 8.95. The molecule has 6 heteroatoms. The molecule has 0 N–H and O–H groups in total. The average Bonchev–Trinajstić information content (AvgIpc) is 2.71. The van der Waals surface area contributed by atoms with Crippen LogP contribution < -0.4 is 4.74 Å². The van der Waals surface area contributed by atoms with E-state index in [2.05, 4.69) is 0 Å². The normalized spacial score (nSPS) is 11.7. The van der Waals surface area contributed by atoms with E-state index < -0.39 is 9.84 Å². The van der Waals surface area contributed by atoms with Gasteiger partial charge >= 0.3 is 0 Å². The molecule has 0 spiro atoms. The third kappa shape index (κ3) is 5.05. The highest BCUT2D eigenvalue weighted by molar-refractivity contribution is 7.95. The number of halogens is 1. The molecule has 0 saturated heterocycles. The third-order valence-corrected chi connectivity index (χ3v) is 6.14. The maximum absolute atomic E-state index is 12.9. The van der Waals surface area contributed by atoms with Gasteiger partial charge in [0, 0.05) is 10.6 Å². The SMILES string of the molecule is Cc1ccc(S(=O)(=O)C(C#N)=Cc2ccccc2OCc2cccc(Cl)c2)cc1. The summed E-state index contributed by atoms with van der Waals surface area (Å²) in [5.41, 5.74) is 2.32. The summed E-state index contributed by atoms with van der Waals surface area (Å²) in [5, 5.41) is 10.1. The van der Waals surface area contributed by atoms with Crippen LogP contribution in [0.15, 0.2) is 82.6 Å². The molecular formula is C23H18ClNO3S. The van der Waals surface area contributed by atoms with E-state index in [4.69, 9.17) is 16.3 Å².